The quantitative estimate of drug-likeness (QED) is 0.438. The number of nitrogens with zero attached hydrogens (tertiary/aromatic N) is 3. The lowest BCUT2D eigenvalue weighted by molar-refractivity contribution is 0.00796. The Morgan fingerprint density at radius 1 is 1.17 bits per heavy atom. The molecule has 1 saturated carbocycles. The minimum Gasteiger partial charge on any atom is -0.374 e. The second kappa shape index (κ2) is 7.04. The van der Waals surface area contributed by atoms with E-state index in [0.29, 0.717) is 25.2 Å². The molecule has 4 nitrogen and oxygen atoms in total. The van der Waals surface area contributed by atoms with Crippen LogP contribution in [0.3, 0.4) is 0 Å². The second-order valence-electron chi connectivity index (χ2n) is 4.85. The topological polar surface area (TPSA) is 58.0 Å². The molecule has 1 aromatic rings. The maximum Gasteiger partial charge on any atom is 0.0720 e. The first-order valence-corrected chi connectivity index (χ1v) is 6.55. The van der Waals surface area contributed by atoms with Crippen LogP contribution in [-0.4, -0.2) is 12.6 Å². The molecule has 0 aliphatic heterocycles. The fraction of sp³-hybridized carbons (Fsp3) is 0.571. The Bertz CT molecular complexity index is 393. The van der Waals surface area contributed by atoms with Gasteiger partial charge in [-0.15, -0.1) is 0 Å². The van der Waals surface area contributed by atoms with Gasteiger partial charge in [-0.05, 0) is 42.7 Å². The van der Waals surface area contributed by atoms with Gasteiger partial charge in [0, 0.05) is 11.5 Å². The van der Waals surface area contributed by atoms with Crippen LogP contribution in [0.1, 0.15) is 31.2 Å². The molecular formula is C14H19N3O. The van der Waals surface area contributed by atoms with Crippen molar-refractivity contribution in [1.29, 1.82) is 0 Å². The predicted molar refractivity (Wildman–Crippen MR) is 71.0 cm³/mol. The van der Waals surface area contributed by atoms with E-state index in [0.717, 1.165) is 25.7 Å². The number of hydrogen-bond acceptors (Lipinski definition) is 2. The number of benzene rings is 1. The first-order valence-electron chi connectivity index (χ1n) is 6.55. The van der Waals surface area contributed by atoms with Crippen molar-refractivity contribution >= 4 is 0 Å². The minimum absolute atomic E-state index is 0.368. The van der Waals surface area contributed by atoms with Crippen molar-refractivity contribution in [3.8, 4) is 0 Å². The molecule has 1 aliphatic rings. The standard InChI is InChI=1S/C14H19N3O/c15-17-16-10-12-6-8-14(9-7-12)18-11-13-4-2-1-3-5-13/h1-5,12,14H,6-11H2/t12-,14+. The molecule has 0 aromatic heterocycles. The third-order valence-electron chi connectivity index (χ3n) is 3.53. The molecule has 0 spiro atoms. The average molecular weight is 245 g/mol. The van der Waals surface area contributed by atoms with E-state index in [2.05, 4.69) is 22.2 Å². The molecule has 0 radical (unpaired) electrons. The van der Waals surface area contributed by atoms with Crippen LogP contribution >= 0.6 is 0 Å². The highest BCUT2D eigenvalue weighted by Crippen LogP contribution is 2.27. The summed E-state index contributed by atoms with van der Waals surface area (Å²) in [6.07, 6.45) is 4.75. The first-order chi connectivity index (χ1) is 8.88. The number of ether oxygens (including phenoxy) is 1. The van der Waals surface area contributed by atoms with Gasteiger partial charge < -0.3 is 4.74 Å². The van der Waals surface area contributed by atoms with E-state index < -0.39 is 0 Å². The molecule has 0 heterocycles. The predicted octanol–water partition coefficient (Wildman–Crippen LogP) is 4.07. The molecule has 0 amide bonds. The normalized spacial score (nSPS) is 23.3. The zero-order chi connectivity index (χ0) is 12.6. The summed E-state index contributed by atoms with van der Waals surface area (Å²) < 4.78 is 5.92. The van der Waals surface area contributed by atoms with E-state index in [1.54, 1.807) is 0 Å². The molecule has 0 N–H and O–H groups in total. The zero-order valence-electron chi connectivity index (χ0n) is 10.5. The summed E-state index contributed by atoms with van der Waals surface area (Å²) >= 11 is 0. The molecule has 0 saturated heterocycles. The monoisotopic (exact) mass is 245 g/mol. The number of azide groups is 1. The summed E-state index contributed by atoms with van der Waals surface area (Å²) in [5.74, 6) is 0.553. The molecule has 0 bridgehead atoms. The Hall–Kier alpha value is -1.51. The van der Waals surface area contributed by atoms with Gasteiger partial charge in [0.05, 0.1) is 12.7 Å². The summed E-state index contributed by atoms with van der Waals surface area (Å²) in [4.78, 5) is 2.82. The van der Waals surface area contributed by atoms with E-state index in [4.69, 9.17) is 10.3 Å². The molecule has 1 fully saturated rings. The average Bonchev–Trinajstić information content (AvgIpc) is 2.45. The van der Waals surface area contributed by atoms with Crippen LogP contribution in [0.2, 0.25) is 0 Å². The van der Waals surface area contributed by atoms with Gasteiger partial charge in [0.1, 0.15) is 0 Å². The van der Waals surface area contributed by atoms with Gasteiger partial charge in [0.15, 0.2) is 0 Å². The maximum atomic E-state index is 8.29. The molecule has 4 heteroatoms. The lowest BCUT2D eigenvalue weighted by Crippen LogP contribution is -2.22. The van der Waals surface area contributed by atoms with Crippen LogP contribution < -0.4 is 0 Å². The second-order valence-corrected chi connectivity index (χ2v) is 4.85. The van der Waals surface area contributed by atoms with Gasteiger partial charge in [-0.25, -0.2) is 0 Å². The van der Waals surface area contributed by atoms with Crippen molar-refractivity contribution < 1.29 is 4.74 Å². The lowest BCUT2D eigenvalue weighted by Gasteiger charge is -2.27. The Morgan fingerprint density at radius 2 is 1.89 bits per heavy atom. The van der Waals surface area contributed by atoms with Gasteiger partial charge in [-0.2, -0.15) is 0 Å². The highest BCUT2D eigenvalue weighted by Gasteiger charge is 2.20. The summed E-state index contributed by atoms with van der Waals surface area (Å²) in [6, 6.07) is 10.3. The van der Waals surface area contributed by atoms with Crippen LogP contribution in [0, 0.1) is 5.92 Å². The molecule has 1 aromatic carbocycles. The van der Waals surface area contributed by atoms with Crippen molar-refractivity contribution in [2.75, 3.05) is 6.54 Å². The van der Waals surface area contributed by atoms with Crippen molar-refractivity contribution in [3.05, 3.63) is 46.3 Å². The van der Waals surface area contributed by atoms with Gasteiger partial charge in [0.25, 0.3) is 0 Å². The van der Waals surface area contributed by atoms with Crippen molar-refractivity contribution in [2.24, 2.45) is 11.0 Å². The highest BCUT2D eigenvalue weighted by molar-refractivity contribution is 5.13. The number of hydrogen-bond donors (Lipinski definition) is 0. The Labute approximate surface area is 108 Å². The third kappa shape index (κ3) is 4.06. The van der Waals surface area contributed by atoms with E-state index in [-0.39, 0.29) is 0 Å². The molecule has 96 valence electrons. The van der Waals surface area contributed by atoms with Crippen molar-refractivity contribution in [1.82, 2.24) is 0 Å². The van der Waals surface area contributed by atoms with Gasteiger partial charge in [-0.3, -0.25) is 0 Å². The summed E-state index contributed by atoms with van der Waals surface area (Å²) in [7, 11) is 0. The SMILES string of the molecule is [N-]=[N+]=NC[C@H]1CC[C@@H](OCc2ccccc2)CC1. The summed E-state index contributed by atoms with van der Waals surface area (Å²) in [5.41, 5.74) is 9.52. The number of rotatable bonds is 5. The first kappa shape index (κ1) is 12.9. The minimum atomic E-state index is 0.368. The van der Waals surface area contributed by atoms with E-state index in [9.17, 15) is 0 Å². The Kier molecular flexibility index (Phi) is 5.06. The fourth-order valence-electron chi connectivity index (χ4n) is 2.42. The molecule has 0 atom stereocenters. The molecule has 0 unspecified atom stereocenters. The van der Waals surface area contributed by atoms with Gasteiger partial charge in [0.2, 0.25) is 0 Å². The van der Waals surface area contributed by atoms with Crippen LogP contribution in [0.15, 0.2) is 35.4 Å². The van der Waals surface area contributed by atoms with Crippen LogP contribution in [-0.2, 0) is 11.3 Å². The van der Waals surface area contributed by atoms with Crippen LogP contribution in [0.4, 0.5) is 0 Å². The molecule has 2 rings (SSSR count). The molecule has 1 aliphatic carbocycles. The maximum absolute atomic E-state index is 8.29. The van der Waals surface area contributed by atoms with Crippen molar-refractivity contribution in [3.63, 3.8) is 0 Å². The van der Waals surface area contributed by atoms with Gasteiger partial charge in [-0.1, -0.05) is 35.4 Å². The van der Waals surface area contributed by atoms with Crippen LogP contribution in [0.25, 0.3) is 10.4 Å². The summed E-state index contributed by atoms with van der Waals surface area (Å²) in [6.45, 7) is 1.34. The third-order valence-corrected chi connectivity index (χ3v) is 3.53. The Balaban J connectivity index is 1.69. The van der Waals surface area contributed by atoms with Crippen molar-refractivity contribution in [2.45, 2.75) is 38.4 Å². The summed E-state index contributed by atoms with van der Waals surface area (Å²) in [5, 5.41) is 3.65. The van der Waals surface area contributed by atoms with E-state index >= 15 is 0 Å². The molecule has 18 heavy (non-hydrogen) atoms. The highest BCUT2D eigenvalue weighted by atomic mass is 16.5. The van der Waals surface area contributed by atoms with Gasteiger partial charge >= 0.3 is 0 Å². The van der Waals surface area contributed by atoms with Crippen LogP contribution in [0.5, 0.6) is 0 Å². The van der Waals surface area contributed by atoms with E-state index in [1.807, 2.05) is 18.2 Å². The zero-order valence-corrected chi connectivity index (χ0v) is 10.5. The lowest BCUT2D eigenvalue weighted by atomic mass is 9.87. The van der Waals surface area contributed by atoms with E-state index in [1.165, 1.54) is 5.56 Å². The Morgan fingerprint density at radius 3 is 2.56 bits per heavy atom. The fourth-order valence-corrected chi connectivity index (χ4v) is 2.42. The molecular weight excluding hydrogens is 226 g/mol. The smallest absolute Gasteiger partial charge is 0.0720 e. The largest absolute Gasteiger partial charge is 0.374 e.